The van der Waals surface area contributed by atoms with Crippen molar-refractivity contribution in [1.29, 1.82) is 0 Å². The van der Waals surface area contributed by atoms with Gasteiger partial charge >= 0.3 is 6.18 Å². The summed E-state index contributed by atoms with van der Waals surface area (Å²) in [4.78, 5) is 38.7. The van der Waals surface area contributed by atoms with E-state index in [9.17, 15) is 22.8 Å². The Morgan fingerprint density at radius 1 is 1.05 bits per heavy atom. The van der Waals surface area contributed by atoms with Gasteiger partial charge < -0.3 is 25.1 Å². The summed E-state index contributed by atoms with van der Waals surface area (Å²) in [5.41, 5.74) is 5.12. The molecule has 0 aliphatic carbocycles. The molecule has 3 N–H and O–H groups in total. The topological polar surface area (TPSA) is 136 Å². The number of carbonyl (C=O) groups is 2. The minimum absolute atomic E-state index is 0.0178. The van der Waals surface area contributed by atoms with Gasteiger partial charge in [-0.15, -0.1) is 0 Å². The molecule has 1 aliphatic heterocycles. The summed E-state index contributed by atoms with van der Waals surface area (Å²) in [6, 6.07) is 7.05. The van der Waals surface area contributed by atoms with Crippen molar-refractivity contribution < 1.29 is 31.9 Å². The minimum atomic E-state index is -4.73. The summed E-state index contributed by atoms with van der Waals surface area (Å²) in [6.45, 7) is 1.59. The number of carbonyl (C=O) groups excluding carboxylic acids is 2. The largest absolute Gasteiger partial charge is 0.459 e. The van der Waals surface area contributed by atoms with Crippen LogP contribution in [0.15, 0.2) is 59.4 Å². The second kappa shape index (κ2) is 11.1. The Hall–Kier alpha value is -4.78. The number of hydrogen-bond acceptors (Lipinski definition) is 8. The molecule has 0 bridgehead atoms. The van der Waals surface area contributed by atoms with Gasteiger partial charge in [0.15, 0.2) is 5.82 Å². The predicted molar refractivity (Wildman–Crippen MR) is 138 cm³/mol. The molecule has 1 aliphatic rings. The maximum atomic E-state index is 13.9. The fourth-order valence-corrected chi connectivity index (χ4v) is 4.09. The van der Waals surface area contributed by atoms with Gasteiger partial charge in [-0.05, 0) is 42.0 Å². The summed E-state index contributed by atoms with van der Waals surface area (Å²) < 4.78 is 52.6. The first-order chi connectivity index (χ1) is 19.2. The molecule has 1 aromatic carbocycles. The number of rotatable bonds is 6. The van der Waals surface area contributed by atoms with E-state index in [2.05, 4.69) is 20.3 Å². The highest BCUT2D eigenvalue weighted by molar-refractivity contribution is 5.94. The van der Waals surface area contributed by atoms with Crippen LogP contribution in [0.25, 0.3) is 28.4 Å². The van der Waals surface area contributed by atoms with Crippen LogP contribution in [-0.4, -0.2) is 58.0 Å². The number of amides is 2. The number of halogens is 3. The van der Waals surface area contributed by atoms with Gasteiger partial charge in [0, 0.05) is 48.7 Å². The van der Waals surface area contributed by atoms with Gasteiger partial charge in [-0.1, -0.05) is 0 Å². The van der Waals surface area contributed by atoms with Crippen molar-refractivity contribution in [2.24, 2.45) is 0 Å². The Kier molecular flexibility index (Phi) is 7.47. The smallest absolute Gasteiger partial charge is 0.420 e. The van der Waals surface area contributed by atoms with Crippen LogP contribution in [0.4, 0.5) is 19.0 Å². The molecule has 5 rings (SSSR count). The molecule has 4 heterocycles. The lowest BCUT2D eigenvalue weighted by atomic mass is 10.1. The molecule has 3 aromatic heterocycles. The third kappa shape index (κ3) is 6.10. The molecule has 1 saturated heterocycles. The lowest BCUT2D eigenvalue weighted by molar-refractivity contribution is -0.136. The molecular weight excluding hydrogens is 529 g/mol. The normalized spacial score (nSPS) is 14.1. The number of benzene rings is 1. The average molecular weight is 553 g/mol. The summed E-state index contributed by atoms with van der Waals surface area (Å²) in [6.07, 6.45) is 2.14. The van der Waals surface area contributed by atoms with Crippen molar-refractivity contribution in [3.05, 3.63) is 77.4 Å². The monoisotopic (exact) mass is 552 g/mol. The van der Waals surface area contributed by atoms with E-state index in [4.69, 9.17) is 14.9 Å². The van der Waals surface area contributed by atoms with Crippen LogP contribution in [-0.2, 0) is 22.3 Å². The molecule has 4 aromatic rings. The Labute approximate surface area is 225 Å². The zero-order valence-electron chi connectivity index (χ0n) is 20.9. The van der Waals surface area contributed by atoms with Crippen molar-refractivity contribution in [2.45, 2.75) is 12.7 Å². The molecule has 1 fully saturated rings. The van der Waals surface area contributed by atoms with Gasteiger partial charge in [-0.25, -0.2) is 15.0 Å². The molecule has 10 nitrogen and oxygen atoms in total. The summed E-state index contributed by atoms with van der Waals surface area (Å²) in [7, 11) is 0. The molecule has 40 heavy (non-hydrogen) atoms. The number of aromatic nitrogens is 3. The molecule has 13 heteroatoms. The Morgan fingerprint density at radius 3 is 2.48 bits per heavy atom. The van der Waals surface area contributed by atoms with Crippen molar-refractivity contribution in [1.82, 2.24) is 25.2 Å². The average Bonchev–Trinajstić information content (AvgIpc) is 3.38. The number of nitrogen functional groups attached to an aromatic ring is 1. The maximum absolute atomic E-state index is 13.9. The fraction of sp³-hybridized carbons (Fsp3) is 0.222. The zero-order chi connectivity index (χ0) is 28.3. The summed E-state index contributed by atoms with van der Waals surface area (Å²) in [5, 5.41) is 2.74. The van der Waals surface area contributed by atoms with Crippen LogP contribution in [0.5, 0.6) is 0 Å². The van der Waals surface area contributed by atoms with Gasteiger partial charge in [-0.3, -0.25) is 9.59 Å². The second-order valence-corrected chi connectivity index (χ2v) is 8.92. The van der Waals surface area contributed by atoms with E-state index in [-0.39, 0.29) is 46.1 Å². The second-order valence-electron chi connectivity index (χ2n) is 8.92. The van der Waals surface area contributed by atoms with E-state index in [1.165, 1.54) is 42.9 Å². The van der Waals surface area contributed by atoms with Crippen LogP contribution < -0.4 is 11.1 Å². The summed E-state index contributed by atoms with van der Waals surface area (Å²) in [5.74, 6) is -0.266. The highest BCUT2D eigenvalue weighted by atomic mass is 19.4. The number of anilines is 1. The van der Waals surface area contributed by atoms with E-state index in [0.717, 1.165) is 6.07 Å². The van der Waals surface area contributed by atoms with Gasteiger partial charge in [-0.2, -0.15) is 13.2 Å². The van der Waals surface area contributed by atoms with E-state index in [0.29, 0.717) is 37.7 Å². The number of nitrogens with one attached hydrogen (secondary N) is 1. The Balaban J connectivity index is 1.35. The van der Waals surface area contributed by atoms with Crippen molar-refractivity contribution >= 4 is 34.7 Å². The standard InChI is InChI=1S/C27H23F3N6O4/c28-27(29,30)21-11-18(25-34-13-19(14-35-25)26(38)36-5-7-39-8-6-36)9-17-10-20(40-24(17)21)15-33-23(37)4-2-16-1-3-22(31)32-12-16/h1-4,9-14H,5-8,15H2,(H2,31,32)(H,33,37). The van der Waals surface area contributed by atoms with E-state index < -0.39 is 17.6 Å². The number of hydrogen-bond donors (Lipinski definition) is 2. The molecule has 0 spiro atoms. The fourth-order valence-electron chi connectivity index (χ4n) is 4.09. The van der Waals surface area contributed by atoms with Crippen molar-refractivity contribution in [3.8, 4) is 11.4 Å². The van der Waals surface area contributed by atoms with Crippen molar-refractivity contribution in [3.63, 3.8) is 0 Å². The van der Waals surface area contributed by atoms with Gasteiger partial charge in [0.2, 0.25) is 5.91 Å². The van der Waals surface area contributed by atoms with Crippen LogP contribution in [0.2, 0.25) is 0 Å². The predicted octanol–water partition coefficient (Wildman–Crippen LogP) is 3.69. The molecule has 0 saturated carbocycles. The van der Waals surface area contributed by atoms with Gasteiger partial charge in [0.25, 0.3) is 5.91 Å². The summed E-state index contributed by atoms with van der Waals surface area (Å²) >= 11 is 0. The van der Waals surface area contributed by atoms with E-state index in [1.54, 1.807) is 17.0 Å². The first-order valence-electron chi connectivity index (χ1n) is 12.2. The number of morpholine rings is 1. The lowest BCUT2D eigenvalue weighted by Crippen LogP contribution is -2.40. The number of nitrogens with zero attached hydrogens (tertiary/aromatic N) is 4. The lowest BCUT2D eigenvalue weighted by Gasteiger charge is -2.26. The molecule has 0 atom stereocenters. The zero-order valence-corrected chi connectivity index (χ0v) is 20.9. The van der Waals surface area contributed by atoms with E-state index >= 15 is 0 Å². The van der Waals surface area contributed by atoms with Crippen LogP contribution in [0, 0.1) is 0 Å². The molecule has 0 unspecified atom stereocenters. The van der Waals surface area contributed by atoms with E-state index in [1.807, 2.05) is 0 Å². The third-order valence-corrected chi connectivity index (χ3v) is 6.10. The van der Waals surface area contributed by atoms with Crippen molar-refractivity contribution in [2.75, 3.05) is 32.0 Å². The van der Waals surface area contributed by atoms with Crippen LogP contribution >= 0.6 is 0 Å². The number of nitrogens with two attached hydrogens (primary N) is 1. The number of fused-ring (bicyclic) bond motifs is 1. The van der Waals surface area contributed by atoms with Gasteiger partial charge in [0.1, 0.15) is 17.2 Å². The number of pyridine rings is 1. The van der Waals surface area contributed by atoms with Crippen LogP contribution in [0.1, 0.15) is 27.2 Å². The quantitative estimate of drug-likeness (QED) is 0.346. The number of alkyl halides is 3. The molecule has 206 valence electrons. The van der Waals surface area contributed by atoms with Crippen LogP contribution in [0.3, 0.4) is 0 Å². The molecule has 2 amide bonds. The maximum Gasteiger partial charge on any atom is 0.420 e. The van der Waals surface area contributed by atoms with Gasteiger partial charge in [0.05, 0.1) is 30.9 Å². The molecule has 0 radical (unpaired) electrons. The number of ether oxygens (including phenoxy) is 1. The highest BCUT2D eigenvalue weighted by Crippen LogP contribution is 2.38. The number of furan rings is 1. The Bertz CT molecular complexity index is 1560. The minimum Gasteiger partial charge on any atom is -0.459 e. The Morgan fingerprint density at radius 2 is 1.80 bits per heavy atom. The molecular formula is C27H23F3N6O4. The highest BCUT2D eigenvalue weighted by Gasteiger charge is 2.35. The first kappa shape index (κ1) is 26.8. The first-order valence-corrected chi connectivity index (χ1v) is 12.2. The SMILES string of the molecule is Nc1ccc(C=CC(=O)NCc2cc3cc(-c4ncc(C(=O)N5CCOCC5)cn4)cc(C(F)(F)F)c3o2)cn1. The third-order valence-electron chi connectivity index (χ3n) is 6.10.